The third-order valence-electron chi connectivity index (χ3n) is 3.76. The lowest BCUT2D eigenvalue weighted by Crippen LogP contribution is -2.29. The second-order valence-corrected chi connectivity index (χ2v) is 8.14. The normalized spacial score (nSPS) is 11.8. The van der Waals surface area contributed by atoms with Crippen molar-refractivity contribution >= 4 is 52.4 Å². The van der Waals surface area contributed by atoms with Crippen molar-refractivity contribution in [2.24, 2.45) is 0 Å². The van der Waals surface area contributed by atoms with E-state index in [-0.39, 0.29) is 0 Å². The molecule has 1 aromatic heterocycles. The maximum Gasteiger partial charge on any atom is 0.232 e. The number of nitrogens with zero attached hydrogens (tertiary/aromatic N) is 3. The maximum absolute atomic E-state index is 6.03. The van der Waals surface area contributed by atoms with Crippen molar-refractivity contribution in [1.82, 2.24) is 14.9 Å². The Bertz CT molecular complexity index is 682. The van der Waals surface area contributed by atoms with E-state index in [9.17, 15) is 0 Å². The van der Waals surface area contributed by atoms with E-state index in [2.05, 4.69) is 34.0 Å². The summed E-state index contributed by atoms with van der Waals surface area (Å²) in [6.45, 7) is 7.81. The zero-order chi connectivity index (χ0) is 18.4. The van der Waals surface area contributed by atoms with Crippen molar-refractivity contribution in [3.05, 3.63) is 41.0 Å². The number of benzene rings is 1. The van der Waals surface area contributed by atoms with Crippen LogP contribution in [0.4, 0.5) is 5.95 Å². The maximum atomic E-state index is 6.03. The summed E-state index contributed by atoms with van der Waals surface area (Å²) in [5, 5.41) is 3.86. The lowest BCUT2D eigenvalue weighted by atomic mass is 10.1. The Labute approximate surface area is 168 Å². The molecule has 25 heavy (non-hydrogen) atoms. The fraction of sp³-hybridized carbons (Fsp3) is 0.412. The average molecular weight is 422 g/mol. The van der Waals surface area contributed by atoms with E-state index in [1.165, 1.54) is 0 Å². The minimum absolute atomic E-state index is 0.322. The Hall–Kier alpha value is -0.780. The van der Waals surface area contributed by atoms with Crippen LogP contribution in [0.2, 0.25) is 5.02 Å². The smallest absolute Gasteiger partial charge is 0.232 e. The molecule has 0 radical (unpaired) electrons. The van der Waals surface area contributed by atoms with E-state index in [0.29, 0.717) is 28.9 Å². The number of hydrogen-bond acceptors (Lipinski definition) is 4. The van der Waals surface area contributed by atoms with Gasteiger partial charge >= 0.3 is 0 Å². The molecule has 1 aromatic carbocycles. The molecule has 0 bridgehead atoms. The number of alkyl halides is 3. The van der Waals surface area contributed by atoms with Gasteiger partial charge in [-0.05, 0) is 31.3 Å². The van der Waals surface area contributed by atoms with Crippen molar-refractivity contribution in [3.8, 4) is 11.3 Å². The van der Waals surface area contributed by atoms with Crippen LogP contribution in [0.5, 0.6) is 0 Å². The van der Waals surface area contributed by atoms with E-state index >= 15 is 0 Å². The Kier molecular flexibility index (Phi) is 7.59. The summed E-state index contributed by atoms with van der Waals surface area (Å²) in [6.07, 6.45) is 0. The largest absolute Gasteiger partial charge is 0.353 e. The molecule has 136 valence electrons. The molecule has 1 N–H and O–H groups in total. The molecule has 0 amide bonds. The van der Waals surface area contributed by atoms with Gasteiger partial charge in [0.15, 0.2) is 0 Å². The van der Waals surface area contributed by atoms with Gasteiger partial charge in [-0.2, -0.15) is 0 Å². The average Bonchev–Trinajstić information content (AvgIpc) is 2.58. The van der Waals surface area contributed by atoms with Crippen LogP contribution in [-0.2, 0) is 3.79 Å². The van der Waals surface area contributed by atoms with Crippen LogP contribution >= 0.6 is 46.4 Å². The topological polar surface area (TPSA) is 41.0 Å². The van der Waals surface area contributed by atoms with Crippen LogP contribution in [-0.4, -0.2) is 41.0 Å². The highest BCUT2D eigenvalue weighted by atomic mass is 35.6. The molecule has 0 aliphatic rings. The molecule has 0 unspecified atom stereocenters. The highest BCUT2D eigenvalue weighted by Crippen LogP contribution is 2.38. The van der Waals surface area contributed by atoms with Crippen molar-refractivity contribution in [2.75, 3.05) is 31.5 Å². The molecule has 4 nitrogen and oxygen atoms in total. The number of anilines is 1. The van der Waals surface area contributed by atoms with Crippen LogP contribution in [0.1, 0.15) is 19.5 Å². The predicted octanol–water partition coefficient (Wildman–Crippen LogP) is 5.38. The third kappa shape index (κ3) is 6.15. The fourth-order valence-electron chi connectivity index (χ4n) is 2.31. The molecule has 0 saturated heterocycles. The van der Waals surface area contributed by atoms with Crippen LogP contribution in [0.15, 0.2) is 30.3 Å². The molecular weight excluding hydrogens is 402 g/mol. The summed E-state index contributed by atoms with van der Waals surface area (Å²) >= 11 is 24.0. The van der Waals surface area contributed by atoms with E-state index in [4.69, 9.17) is 46.4 Å². The summed E-state index contributed by atoms with van der Waals surface area (Å²) < 4.78 is -1.63. The molecule has 0 saturated carbocycles. The van der Waals surface area contributed by atoms with Gasteiger partial charge in [-0.25, -0.2) is 9.97 Å². The van der Waals surface area contributed by atoms with Crippen LogP contribution in [0.25, 0.3) is 11.3 Å². The molecule has 0 fully saturated rings. The number of likely N-dealkylation sites (N-methyl/N-ethyl adjacent to an activating group) is 1. The lowest BCUT2D eigenvalue weighted by Gasteiger charge is -2.19. The first-order valence-electron chi connectivity index (χ1n) is 8.02. The lowest BCUT2D eigenvalue weighted by molar-refractivity contribution is 0.316. The zero-order valence-electron chi connectivity index (χ0n) is 14.1. The number of hydrogen-bond donors (Lipinski definition) is 1. The van der Waals surface area contributed by atoms with Crippen molar-refractivity contribution < 1.29 is 0 Å². The van der Waals surface area contributed by atoms with Crippen molar-refractivity contribution in [3.63, 3.8) is 0 Å². The molecule has 1 heterocycles. The summed E-state index contributed by atoms with van der Waals surface area (Å²) in [5.74, 6) is 0.431. The Morgan fingerprint density at radius 3 is 2.24 bits per heavy atom. The molecule has 2 rings (SSSR count). The molecule has 0 aliphatic heterocycles. The Balaban J connectivity index is 2.26. The summed E-state index contributed by atoms with van der Waals surface area (Å²) in [6, 6.07) is 8.99. The van der Waals surface area contributed by atoms with E-state index in [1.54, 1.807) is 18.2 Å². The number of halogens is 4. The monoisotopic (exact) mass is 420 g/mol. The first-order chi connectivity index (χ1) is 11.8. The van der Waals surface area contributed by atoms with Gasteiger partial charge in [-0.1, -0.05) is 72.4 Å². The van der Waals surface area contributed by atoms with Gasteiger partial charge in [0, 0.05) is 23.7 Å². The van der Waals surface area contributed by atoms with Crippen molar-refractivity contribution in [1.29, 1.82) is 0 Å². The van der Waals surface area contributed by atoms with E-state index in [0.717, 1.165) is 25.2 Å². The predicted molar refractivity (Wildman–Crippen MR) is 108 cm³/mol. The van der Waals surface area contributed by atoms with Crippen LogP contribution in [0, 0.1) is 0 Å². The standard InChI is InChI=1S/C17H20Cl4N4/c1-3-25(4-2)10-9-22-16-23-14(11-15(24-16)17(19,20)21)12-5-7-13(18)8-6-12/h5-8,11H,3-4,9-10H2,1-2H3,(H,22,23,24). The van der Waals surface area contributed by atoms with Crippen molar-refractivity contribution in [2.45, 2.75) is 17.6 Å². The van der Waals surface area contributed by atoms with Gasteiger partial charge in [-0.3, -0.25) is 0 Å². The molecule has 2 aromatic rings. The molecule has 8 heteroatoms. The quantitative estimate of drug-likeness (QED) is 0.609. The summed E-state index contributed by atoms with van der Waals surface area (Å²) in [7, 11) is 0. The first kappa shape index (κ1) is 20.5. The Morgan fingerprint density at radius 1 is 1.04 bits per heavy atom. The highest BCUT2D eigenvalue weighted by Gasteiger charge is 2.26. The minimum Gasteiger partial charge on any atom is -0.353 e. The Morgan fingerprint density at radius 2 is 1.68 bits per heavy atom. The minimum atomic E-state index is -1.63. The molecular formula is C17H20Cl4N4. The first-order valence-corrected chi connectivity index (χ1v) is 9.53. The van der Waals surface area contributed by atoms with Gasteiger partial charge < -0.3 is 10.2 Å². The SMILES string of the molecule is CCN(CC)CCNc1nc(-c2ccc(Cl)cc2)cc(C(Cl)(Cl)Cl)n1. The molecule has 0 atom stereocenters. The highest BCUT2D eigenvalue weighted by molar-refractivity contribution is 6.66. The molecule has 0 aliphatic carbocycles. The molecule has 0 spiro atoms. The second kappa shape index (κ2) is 9.24. The van der Waals surface area contributed by atoms with E-state index < -0.39 is 3.79 Å². The number of rotatable bonds is 7. The third-order valence-corrected chi connectivity index (χ3v) is 4.59. The van der Waals surface area contributed by atoms with Gasteiger partial charge in [0.2, 0.25) is 9.74 Å². The number of nitrogens with one attached hydrogen (secondary N) is 1. The summed E-state index contributed by atoms with van der Waals surface area (Å²) in [4.78, 5) is 11.2. The second-order valence-electron chi connectivity index (χ2n) is 5.42. The fourth-order valence-corrected chi connectivity index (χ4v) is 2.72. The van der Waals surface area contributed by atoms with Gasteiger partial charge in [0.05, 0.1) is 11.4 Å². The van der Waals surface area contributed by atoms with Crippen LogP contribution in [0.3, 0.4) is 0 Å². The van der Waals surface area contributed by atoms with Crippen LogP contribution < -0.4 is 5.32 Å². The van der Waals surface area contributed by atoms with Gasteiger partial charge in [0.1, 0.15) is 0 Å². The number of aromatic nitrogens is 2. The zero-order valence-corrected chi connectivity index (χ0v) is 17.1. The van der Waals surface area contributed by atoms with E-state index in [1.807, 2.05) is 12.1 Å². The summed E-state index contributed by atoms with van der Waals surface area (Å²) in [5.41, 5.74) is 1.86. The van der Waals surface area contributed by atoms with Gasteiger partial charge in [0.25, 0.3) is 0 Å². The van der Waals surface area contributed by atoms with Gasteiger partial charge in [-0.15, -0.1) is 0 Å².